The molecule has 0 unspecified atom stereocenters. The number of carbonyl (C=O) groups excluding carboxylic acids is 1. The summed E-state index contributed by atoms with van der Waals surface area (Å²) in [4.78, 5) is 25.1. The molecule has 2 aromatic carbocycles. The maximum Gasteiger partial charge on any atom is 0.417 e. The molecule has 2 aromatic heterocycles. The highest BCUT2D eigenvalue weighted by molar-refractivity contribution is 7.19. The van der Waals surface area contributed by atoms with Gasteiger partial charge in [0.2, 0.25) is 0 Å². The van der Waals surface area contributed by atoms with E-state index < -0.39 is 29.2 Å². The second kappa shape index (κ2) is 7.51. The number of hydrogen-bond acceptors (Lipinski definition) is 4. The lowest BCUT2D eigenvalue weighted by Crippen LogP contribution is -2.20. The van der Waals surface area contributed by atoms with Crippen molar-refractivity contribution in [2.75, 3.05) is 0 Å². The van der Waals surface area contributed by atoms with Crippen LogP contribution in [-0.2, 0) is 6.18 Å². The molecule has 0 fully saturated rings. The zero-order valence-electron chi connectivity index (χ0n) is 15.7. The lowest BCUT2D eigenvalue weighted by atomic mass is 10.1. The number of aromatic nitrogens is 2. The van der Waals surface area contributed by atoms with Crippen molar-refractivity contribution in [3.05, 3.63) is 75.1 Å². The molecule has 0 saturated heterocycles. The highest BCUT2D eigenvalue weighted by Crippen LogP contribution is 2.38. The zero-order chi connectivity index (χ0) is 22.5. The first-order chi connectivity index (χ1) is 14.6. The minimum Gasteiger partial charge on any atom is -0.478 e. The Morgan fingerprint density at radius 3 is 2.42 bits per heavy atom. The fraction of sp³-hybridized carbons (Fsp3) is 0.0952. The summed E-state index contributed by atoms with van der Waals surface area (Å²) in [6.07, 6.45) is -4.78. The first-order valence-corrected chi connectivity index (χ1v) is 10.0. The van der Waals surface area contributed by atoms with Gasteiger partial charge in [0.1, 0.15) is 5.69 Å². The normalized spacial score (nSPS) is 11.8. The topological polar surface area (TPSA) is 72.2 Å². The summed E-state index contributed by atoms with van der Waals surface area (Å²) in [5.74, 6) is -2.10. The van der Waals surface area contributed by atoms with Crippen molar-refractivity contribution < 1.29 is 27.9 Å². The number of rotatable bonds is 3. The molecule has 0 radical (unpaired) electrons. The Kier molecular flexibility index (Phi) is 5.10. The summed E-state index contributed by atoms with van der Waals surface area (Å²) < 4.78 is 42.0. The summed E-state index contributed by atoms with van der Waals surface area (Å²) in [5.41, 5.74) is -0.523. The number of fused-ring (bicyclic) bond motifs is 1. The SMILES string of the molecule is Cc1cc2c(s1)c(-c1ccc(C(=O)O)cc1)nn2C(=O)c1c(Cl)cccc1C(F)(F)F. The molecule has 5 nitrogen and oxygen atoms in total. The fourth-order valence-corrected chi connectivity index (χ4v) is 4.48. The van der Waals surface area contributed by atoms with Gasteiger partial charge in [0, 0.05) is 10.4 Å². The fourth-order valence-electron chi connectivity index (χ4n) is 3.23. The van der Waals surface area contributed by atoms with E-state index in [4.69, 9.17) is 16.7 Å². The van der Waals surface area contributed by atoms with E-state index in [1.54, 1.807) is 13.0 Å². The third-order valence-corrected chi connectivity index (χ3v) is 5.97. The largest absolute Gasteiger partial charge is 0.478 e. The molecule has 0 bridgehead atoms. The third kappa shape index (κ3) is 3.70. The average Bonchev–Trinajstić information content (AvgIpc) is 3.24. The van der Waals surface area contributed by atoms with Crippen molar-refractivity contribution in [3.8, 4) is 11.3 Å². The second-order valence-corrected chi connectivity index (χ2v) is 8.34. The minimum atomic E-state index is -4.78. The van der Waals surface area contributed by atoms with Crippen molar-refractivity contribution in [1.29, 1.82) is 0 Å². The van der Waals surface area contributed by atoms with Crippen molar-refractivity contribution in [2.24, 2.45) is 0 Å². The van der Waals surface area contributed by atoms with Crippen LogP contribution in [0.25, 0.3) is 21.5 Å². The van der Waals surface area contributed by atoms with Crippen molar-refractivity contribution in [2.45, 2.75) is 13.1 Å². The van der Waals surface area contributed by atoms with Crippen LogP contribution in [0, 0.1) is 6.92 Å². The predicted octanol–water partition coefficient (Wildman–Crippen LogP) is 6.13. The molecular weight excluding hydrogens is 453 g/mol. The highest BCUT2D eigenvalue weighted by Gasteiger charge is 2.37. The molecule has 2 heterocycles. The van der Waals surface area contributed by atoms with Gasteiger partial charge in [0.05, 0.1) is 31.9 Å². The van der Waals surface area contributed by atoms with E-state index >= 15 is 0 Å². The number of benzene rings is 2. The number of halogens is 4. The molecule has 0 saturated carbocycles. The van der Waals surface area contributed by atoms with Crippen LogP contribution >= 0.6 is 22.9 Å². The van der Waals surface area contributed by atoms with Crippen LogP contribution in [0.2, 0.25) is 5.02 Å². The number of carboxylic acid groups (broad SMARTS) is 1. The predicted molar refractivity (Wildman–Crippen MR) is 111 cm³/mol. The van der Waals surface area contributed by atoms with Gasteiger partial charge in [-0.15, -0.1) is 11.3 Å². The highest BCUT2D eigenvalue weighted by atomic mass is 35.5. The van der Waals surface area contributed by atoms with Crippen LogP contribution in [-0.4, -0.2) is 26.8 Å². The molecule has 0 atom stereocenters. The second-order valence-electron chi connectivity index (χ2n) is 6.68. The Hall–Kier alpha value is -3.17. The summed E-state index contributed by atoms with van der Waals surface area (Å²) in [6, 6.07) is 10.6. The van der Waals surface area contributed by atoms with E-state index in [0.717, 1.165) is 21.7 Å². The van der Waals surface area contributed by atoms with Crippen LogP contribution in [0.4, 0.5) is 13.2 Å². The van der Waals surface area contributed by atoms with Gasteiger partial charge in [-0.3, -0.25) is 4.79 Å². The third-order valence-electron chi connectivity index (χ3n) is 4.61. The van der Waals surface area contributed by atoms with E-state index in [-0.39, 0.29) is 10.6 Å². The number of carboxylic acids is 1. The van der Waals surface area contributed by atoms with Crippen molar-refractivity contribution in [1.82, 2.24) is 9.78 Å². The molecule has 0 aliphatic rings. The van der Waals surface area contributed by atoms with E-state index in [9.17, 15) is 22.8 Å². The number of aryl methyl sites for hydroxylation is 1. The maximum absolute atomic E-state index is 13.5. The molecule has 4 rings (SSSR count). The molecule has 0 aliphatic carbocycles. The van der Waals surface area contributed by atoms with Crippen LogP contribution in [0.3, 0.4) is 0 Å². The summed E-state index contributed by atoms with van der Waals surface area (Å²) in [6.45, 7) is 1.80. The first-order valence-electron chi connectivity index (χ1n) is 8.81. The van der Waals surface area contributed by atoms with E-state index in [0.29, 0.717) is 21.5 Å². The van der Waals surface area contributed by atoms with Gasteiger partial charge in [-0.05, 0) is 37.3 Å². The number of hydrogen-bond donors (Lipinski definition) is 1. The summed E-state index contributed by atoms with van der Waals surface area (Å²) in [7, 11) is 0. The molecule has 10 heteroatoms. The molecule has 0 aliphatic heterocycles. The quantitative estimate of drug-likeness (QED) is 0.395. The molecule has 0 amide bonds. The smallest absolute Gasteiger partial charge is 0.417 e. The van der Waals surface area contributed by atoms with Gasteiger partial charge in [0.15, 0.2) is 0 Å². The molecule has 4 aromatic rings. The maximum atomic E-state index is 13.5. The Bertz CT molecular complexity index is 1340. The number of carbonyl (C=O) groups is 2. The standard InChI is InChI=1S/C21H12ClF3N2O3S/c1-10-9-15-18(31-10)17(11-5-7-12(8-6-11)20(29)30)26-27(15)19(28)16-13(21(23,24)25)3-2-4-14(16)22/h2-9H,1H3,(H,29,30). The monoisotopic (exact) mass is 464 g/mol. The zero-order valence-corrected chi connectivity index (χ0v) is 17.3. The lowest BCUT2D eigenvalue weighted by Gasteiger charge is -2.13. The Balaban J connectivity index is 1.91. The Morgan fingerprint density at radius 2 is 1.81 bits per heavy atom. The number of alkyl halides is 3. The van der Waals surface area contributed by atoms with E-state index in [2.05, 4.69) is 5.10 Å². The van der Waals surface area contributed by atoms with Crippen molar-refractivity contribution in [3.63, 3.8) is 0 Å². The van der Waals surface area contributed by atoms with Crippen molar-refractivity contribution >= 4 is 45.0 Å². The summed E-state index contributed by atoms with van der Waals surface area (Å²) >= 11 is 7.32. The summed E-state index contributed by atoms with van der Waals surface area (Å²) in [5, 5.41) is 13.0. The van der Waals surface area contributed by atoms with E-state index in [1.807, 2.05) is 0 Å². The van der Waals surface area contributed by atoms with Crippen LogP contribution in [0.1, 0.15) is 31.2 Å². The van der Waals surface area contributed by atoms with Gasteiger partial charge in [-0.2, -0.15) is 23.0 Å². The number of thiophene rings is 1. The van der Waals surface area contributed by atoms with Gasteiger partial charge >= 0.3 is 12.1 Å². The molecule has 158 valence electrons. The van der Waals surface area contributed by atoms with Gasteiger partial charge in [0.25, 0.3) is 5.91 Å². The van der Waals surface area contributed by atoms with Crippen LogP contribution in [0.5, 0.6) is 0 Å². The molecular formula is C21H12ClF3N2O3S. The minimum absolute atomic E-state index is 0.0729. The first kappa shape index (κ1) is 21.1. The average molecular weight is 465 g/mol. The Morgan fingerprint density at radius 1 is 1.13 bits per heavy atom. The lowest BCUT2D eigenvalue weighted by molar-refractivity contribution is -0.137. The van der Waals surface area contributed by atoms with Crippen LogP contribution < -0.4 is 0 Å². The van der Waals surface area contributed by atoms with Gasteiger partial charge < -0.3 is 5.11 Å². The Labute approximate surface area is 182 Å². The molecule has 1 N–H and O–H groups in total. The van der Waals surface area contributed by atoms with Gasteiger partial charge in [-0.25, -0.2) is 4.79 Å². The molecule has 31 heavy (non-hydrogen) atoms. The van der Waals surface area contributed by atoms with Crippen LogP contribution in [0.15, 0.2) is 48.5 Å². The van der Waals surface area contributed by atoms with Gasteiger partial charge in [-0.1, -0.05) is 29.8 Å². The number of aromatic carboxylic acids is 1. The molecule has 0 spiro atoms. The van der Waals surface area contributed by atoms with E-state index in [1.165, 1.54) is 41.7 Å². The number of nitrogens with zero attached hydrogens (tertiary/aromatic N) is 2.